The third kappa shape index (κ3) is 4.27. The van der Waals surface area contributed by atoms with Gasteiger partial charge < -0.3 is 25.6 Å². The molecule has 12 heteroatoms. The summed E-state index contributed by atoms with van der Waals surface area (Å²) in [5.74, 6) is -11.6. The molecule has 4 N–H and O–H groups in total. The highest BCUT2D eigenvalue weighted by atomic mass is 16.5. The minimum Gasteiger partial charge on any atom is -0.507 e. The van der Waals surface area contributed by atoms with Gasteiger partial charge in [0.25, 0.3) is 0 Å². The molecule has 12 nitrogen and oxygen atoms in total. The molecule has 226 valence electrons. The van der Waals surface area contributed by atoms with Crippen molar-refractivity contribution in [2.75, 3.05) is 40.2 Å². The molecule has 0 aliphatic heterocycles. The molecule has 2 fully saturated rings. The number of primary amides is 1. The van der Waals surface area contributed by atoms with E-state index in [1.54, 1.807) is 37.2 Å². The summed E-state index contributed by atoms with van der Waals surface area (Å²) >= 11 is 0. The number of esters is 1. The number of Topliss-reactive ketones (excluding diaryl/α,β-unsaturated/α-hetero) is 4. The van der Waals surface area contributed by atoms with E-state index in [1.165, 1.54) is 38.2 Å². The van der Waals surface area contributed by atoms with Crippen molar-refractivity contribution in [3.05, 3.63) is 47.0 Å². The third-order valence-electron chi connectivity index (χ3n) is 9.14. The van der Waals surface area contributed by atoms with Gasteiger partial charge in [0.2, 0.25) is 5.91 Å². The molecule has 1 amide bonds. The lowest BCUT2D eigenvalue weighted by Crippen LogP contribution is -2.74. The Hall–Kier alpha value is -4.42. The number of amides is 1. The van der Waals surface area contributed by atoms with Crippen LogP contribution in [0.1, 0.15) is 32.7 Å². The molecular formula is C31H33N3O9. The maximum Gasteiger partial charge on any atom is 0.337 e. The zero-order chi connectivity index (χ0) is 31.7. The van der Waals surface area contributed by atoms with Gasteiger partial charge in [0.1, 0.15) is 5.75 Å². The van der Waals surface area contributed by atoms with Crippen molar-refractivity contribution >= 4 is 40.7 Å². The van der Waals surface area contributed by atoms with Gasteiger partial charge in [-0.1, -0.05) is 12.1 Å². The van der Waals surface area contributed by atoms with Crippen molar-refractivity contribution in [3.8, 4) is 16.9 Å². The number of fused-ring (bicyclic) bond motifs is 3. The molecule has 2 aromatic carbocycles. The minimum absolute atomic E-state index is 0.0335. The van der Waals surface area contributed by atoms with Crippen LogP contribution in [0.3, 0.4) is 0 Å². The molecule has 2 saturated carbocycles. The molecule has 0 heterocycles. The molecule has 3 aliphatic carbocycles. The van der Waals surface area contributed by atoms with Gasteiger partial charge in [-0.3, -0.25) is 28.9 Å². The second-order valence-corrected chi connectivity index (χ2v) is 11.9. The molecule has 2 aromatic rings. The van der Waals surface area contributed by atoms with Crippen LogP contribution in [-0.2, 0) is 30.3 Å². The quantitative estimate of drug-likeness (QED) is 0.323. The van der Waals surface area contributed by atoms with Crippen LogP contribution in [0.4, 0.5) is 5.69 Å². The topological polar surface area (TPSA) is 185 Å². The van der Waals surface area contributed by atoms with E-state index in [0.29, 0.717) is 16.8 Å². The third-order valence-corrected chi connectivity index (χ3v) is 9.14. The minimum atomic E-state index is -2.79. The number of phenolic OH excluding ortho intramolecular Hbond substituents is 1. The molecule has 0 saturated heterocycles. The number of carbonyl (C=O) groups is 6. The maximum atomic E-state index is 14.2. The first kappa shape index (κ1) is 30.1. The average molecular weight is 592 g/mol. The second kappa shape index (κ2) is 10.4. The van der Waals surface area contributed by atoms with Crippen LogP contribution in [0.25, 0.3) is 11.1 Å². The van der Waals surface area contributed by atoms with Crippen LogP contribution in [-0.4, -0.2) is 97.1 Å². The van der Waals surface area contributed by atoms with E-state index in [2.05, 4.69) is 0 Å². The van der Waals surface area contributed by atoms with E-state index in [0.717, 1.165) is 0 Å². The molecule has 0 radical (unpaired) electrons. The van der Waals surface area contributed by atoms with Crippen molar-refractivity contribution in [2.45, 2.75) is 24.5 Å². The molecule has 3 aliphatic rings. The van der Waals surface area contributed by atoms with Crippen LogP contribution < -0.4 is 10.6 Å². The predicted molar refractivity (Wildman–Crippen MR) is 152 cm³/mol. The summed E-state index contributed by atoms with van der Waals surface area (Å²) in [5.41, 5.74) is 4.61. The van der Waals surface area contributed by atoms with Crippen molar-refractivity contribution < 1.29 is 43.7 Å². The van der Waals surface area contributed by atoms with E-state index in [-0.39, 0.29) is 35.3 Å². The molecule has 6 atom stereocenters. The summed E-state index contributed by atoms with van der Waals surface area (Å²) in [4.78, 5) is 82.3. The standard InChI is InChI=1S/C31H33N3O9/c1-33(2)19-12-16(13-6-8-14(9-7-13)30(41)43-5)24(35)21-17(19)10-15-11-18-23(34(3)4)26(37)22(29(32)40)28(39)31(18,42)27(38)20(15)25(21)36/h6-9,12,15,18,20,22-23,35,42H,10-11H2,1-5H3,(H2,32,40)/t15-,18-,20?,22?,23-,31-/m1/s1. The second-order valence-electron chi connectivity index (χ2n) is 11.9. The van der Waals surface area contributed by atoms with E-state index in [9.17, 15) is 39.0 Å². The number of aromatic hydroxyl groups is 1. The zero-order valence-corrected chi connectivity index (χ0v) is 24.4. The van der Waals surface area contributed by atoms with Crippen LogP contribution in [0.2, 0.25) is 0 Å². The van der Waals surface area contributed by atoms with Crippen LogP contribution in [0.15, 0.2) is 30.3 Å². The van der Waals surface area contributed by atoms with Crippen molar-refractivity contribution in [1.82, 2.24) is 4.90 Å². The predicted octanol–water partition coefficient (Wildman–Crippen LogP) is 0.387. The Labute approximate surface area is 247 Å². The van der Waals surface area contributed by atoms with Crippen LogP contribution >= 0.6 is 0 Å². The van der Waals surface area contributed by atoms with E-state index in [1.807, 2.05) is 0 Å². The number of ketones is 4. The van der Waals surface area contributed by atoms with Crippen LogP contribution in [0, 0.1) is 23.7 Å². The van der Waals surface area contributed by atoms with Gasteiger partial charge in [-0.05, 0) is 62.2 Å². The first-order chi connectivity index (χ1) is 20.2. The fourth-order valence-electron chi connectivity index (χ4n) is 7.17. The van der Waals surface area contributed by atoms with Gasteiger partial charge in [-0.2, -0.15) is 0 Å². The number of nitrogens with two attached hydrogens (primary N) is 1. The molecule has 0 bridgehead atoms. The van der Waals surface area contributed by atoms with Gasteiger partial charge in [0.05, 0.1) is 30.2 Å². The smallest absolute Gasteiger partial charge is 0.337 e. The molecular weight excluding hydrogens is 558 g/mol. The van der Waals surface area contributed by atoms with Crippen molar-refractivity contribution in [2.24, 2.45) is 29.4 Å². The lowest BCUT2D eigenvalue weighted by Gasteiger charge is -2.52. The summed E-state index contributed by atoms with van der Waals surface area (Å²) in [7, 11) is 7.87. The average Bonchev–Trinajstić information content (AvgIpc) is 2.94. The Morgan fingerprint density at radius 3 is 2.19 bits per heavy atom. The number of benzene rings is 2. The number of rotatable bonds is 5. The van der Waals surface area contributed by atoms with E-state index >= 15 is 0 Å². The van der Waals surface area contributed by atoms with E-state index < -0.39 is 70.3 Å². The normalized spacial score (nSPS) is 28.2. The Kier molecular flexibility index (Phi) is 7.26. The largest absolute Gasteiger partial charge is 0.507 e. The number of aliphatic hydroxyl groups is 1. The fourth-order valence-corrected chi connectivity index (χ4v) is 7.17. The van der Waals surface area contributed by atoms with Gasteiger partial charge >= 0.3 is 5.97 Å². The Morgan fingerprint density at radius 1 is 1.02 bits per heavy atom. The summed E-state index contributed by atoms with van der Waals surface area (Å²) in [5, 5.41) is 23.3. The summed E-state index contributed by atoms with van der Waals surface area (Å²) in [6.45, 7) is 0. The number of phenols is 1. The fraction of sp³-hybridized carbons (Fsp3) is 0.419. The molecule has 0 aromatic heterocycles. The van der Waals surface area contributed by atoms with E-state index in [4.69, 9.17) is 10.5 Å². The van der Waals surface area contributed by atoms with Crippen molar-refractivity contribution in [3.63, 3.8) is 0 Å². The summed E-state index contributed by atoms with van der Waals surface area (Å²) in [6, 6.07) is 6.75. The van der Waals surface area contributed by atoms with Gasteiger partial charge in [0, 0.05) is 31.3 Å². The first-order valence-corrected chi connectivity index (χ1v) is 13.8. The summed E-state index contributed by atoms with van der Waals surface area (Å²) in [6.07, 6.45) is 0.114. The number of ether oxygens (including phenoxy) is 1. The highest BCUT2D eigenvalue weighted by Gasteiger charge is 2.69. The number of likely N-dealkylation sites (N-methyl/N-ethyl adjacent to an activating group) is 1. The molecule has 2 unspecified atom stereocenters. The Balaban J connectivity index is 1.66. The number of carbonyl (C=O) groups excluding carboxylic acids is 6. The highest BCUT2D eigenvalue weighted by molar-refractivity contribution is 6.32. The number of methoxy groups -OCH3 is 1. The molecule has 0 spiro atoms. The lowest BCUT2D eigenvalue weighted by molar-refractivity contribution is -0.181. The maximum absolute atomic E-state index is 14.2. The highest BCUT2D eigenvalue weighted by Crippen LogP contribution is 2.53. The number of nitrogens with zero attached hydrogens (tertiary/aromatic N) is 2. The SMILES string of the molecule is COC(=O)c1ccc(-c2cc(N(C)C)c3c(c2O)C(=O)C2C(=O)[C@@]4(O)C(=O)C(C(N)=O)C(=O)[C@H](N(C)C)[C@H]4C[C@H]2C3)cc1. The summed E-state index contributed by atoms with van der Waals surface area (Å²) < 4.78 is 4.74. The van der Waals surface area contributed by atoms with Gasteiger partial charge in [0.15, 0.2) is 34.7 Å². The van der Waals surface area contributed by atoms with Crippen molar-refractivity contribution in [1.29, 1.82) is 0 Å². The van der Waals surface area contributed by atoms with Crippen LogP contribution in [0.5, 0.6) is 5.75 Å². The Bertz CT molecular complexity index is 1600. The first-order valence-electron chi connectivity index (χ1n) is 13.8. The van der Waals surface area contributed by atoms with Gasteiger partial charge in [-0.15, -0.1) is 0 Å². The number of hydrogen-bond acceptors (Lipinski definition) is 11. The molecule has 43 heavy (non-hydrogen) atoms. The number of hydrogen-bond donors (Lipinski definition) is 3. The lowest BCUT2D eigenvalue weighted by atomic mass is 9.52. The van der Waals surface area contributed by atoms with Gasteiger partial charge in [-0.25, -0.2) is 4.79 Å². The molecule has 5 rings (SSSR count). The number of anilines is 1. The zero-order valence-electron chi connectivity index (χ0n) is 24.4. The Morgan fingerprint density at radius 2 is 1.65 bits per heavy atom. The monoisotopic (exact) mass is 591 g/mol.